The summed E-state index contributed by atoms with van der Waals surface area (Å²) in [6.07, 6.45) is 1.98. The molecule has 1 aromatic carbocycles. The molecule has 0 aliphatic heterocycles. The fourth-order valence-electron chi connectivity index (χ4n) is 1.41. The predicted molar refractivity (Wildman–Crippen MR) is 73.4 cm³/mol. The Balaban J connectivity index is 2.43. The van der Waals surface area contributed by atoms with E-state index in [4.69, 9.17) is 5.73 Å². The second-order valence-corrected chi connectivity index (χ2v) is 5.79. The van der Waals surface area contributed by atoms with Gasteiger partial charge in [0.1, 0.15) is 5.82 Å². The zero-order chi connectivity index (χ0) is 12.0. The number of thioether (sulfide) groups is 1. The highest BCUT2D eigenvalue weighted by atomic mass is 79.9. The van der Waals surface area contributed by atoms with Crippen LogP contribution in [0, 0.1) is 5.82 Å². The summed E-state index contributed by atoms with van der Waals surface area (Å²) in [7, 11) is 0. The van der Waals surface area contributed by atoms with E-state index in [9.17, 15) is 4.39 Å². The number of halogens is 2. The van der Waals surface area contributed by atoms with Crippen LogP contribution in [0.3, 0.4) is 0 Å². The third-order valence-electron chi connectivity index (χ3n) is 2.16. The minimum Gasteiger partial charge on any atom is -0.327 e. The quantitative estimate of drug-likeness (QED) is 0.813. The molecule has 1 atom stereocenters. The summed E-state index contributed by atoms with van der Waals surface area (Å²) >= 11 is 5.06. The van der Waals surface area contributed by atoms with E-state index in [1.807, 2.05) is 11.8 Å². The second kappa shape index (κ2) is 7.30. The Labute approximate surface area is 109 Å². The van der Waals surface area contributed by atoms with Gasteiger partial charge in [0.25, 0.3) is 0 Å². The topological polar surface area (TPSA) is 26.0 Å². The minimum atomic E-state index is -0.224. The number of hydrogen-bond donors (Lipinski definition) is 1. The molecule has 4 heteroatoms. The van der Waals surface area contributed by atoms with Gasteiger partial charge in [-0.05, 0) is 52.2 Å². The third kappa shape index (κ3) is 4.85. The fourth-order valence-corrected chi connectivity index (χ4v) is 2.71. The van der Waals surface area contributed by atoms with Crippen LogP contribution in [0.15, 0.2) is 22.7 Å². The molecule has 1 nitrogen and oxygen atoms in total. The number of hydrogen-bond acceptors (Lipinski definition) is 2. The van der Waals surface area contributed by atoms with Gasteiger partial charge in [0.15, 0.2) is 0 Å². The Morgan fingerprint density at radius 1 is 1.50 bits per heavy atom. The Morgan fingerprint density at radius 3 is 2.88 bits per heavy atom. The molecule has 0 spiro atoms. The van der Waals surface area contributed by atoms with E-state index >= 15 is 0 Å². The molecule has 0 saturated heterocycles. The lowest BCUT2D eigenvalue weighted by Gasteiger charge is -2.11. The maximum Gasteiger partial charge on any atom is 0.137 e. The molecule has 1 aromatic rings. The van der Waals surface area contributed by atoms with Gasteiger partial charge >= 0.3 is 0 Å². The average Bonchev–Trinajstić information content (AvgIpc) is 2.24. The maximum absolute atomic E-state index is 13.0. The van der Waals surface area contributed by atoms with Crippen LogP contribution in [0.5, 0.6) is 0 Å². The van der Waals surface area contributed by atoms with Gasteiger partial charge in [0.05, 0.1) is 4.47 Å². The van der Waals surface area contributed by atoms with E-state index in [1.165, 1.54) is 12.5 Å². The summed E-state index contributed by atoms with van der Waals surface area (Å²) in [6.45, 7) is 2.16. The van der Waals surface area contributed by atoms with Crippen LogP contribution in [0.4, 0.5) is 4.39 Å². The van der Waals surface area contributed by atoms with Crippen LogP contribution < -0.4 is 5.73 Å². The van der Waals surface area contributed by atoms with E-state index in [0.717, 1.165) is 23.5 Å². The van der Waals surface area contributed by atoms with Crippen molar-refractivity contribution in [3.8, 4) is 0 Å². The molecule has 0 fully saturated rings. The van der Waals surface area contributed by atoms with Gasteiger partial charge in [-0.15, -0.1) is 0 Å². The summed E-state index contributed by atoms with van der Waals surface area (Å²) in [5.41, 5.74) is 7.09. The molecule has 1 rings (SSSR count). The molecule has 2 N–H and O–H groups in total. The highest BCUT2D eigenvalue weighted by molar-refractivity contribution is 9.10. The van der Waals surface area contributed by atoms with Crippen LogP contribution in [-0.2, 0) is 6.42 Å². The Bertz CT molecular complexity index is 333. The van der Waals surface area contributed by atoms with Gasteiger partial charge in [-0.25, -0.2) is 4.39 Å². The molecule has 16 heavy (non-hydrogen) atoms. The Kier molecular flexibility index (Phi) is 6.39. The summed E-state index contributed by atoms with van der Waals surface area (Å²) in [5, 5.41) is 0. The van der Waals surface area contributed by atoms with Crippen LogP contribution in [0.2, 0.25) is 0 Å². The third-order valence-corrected chi connectivity index (χ3v) is 4.13. The lowest BCUT2D eigenvalue weighted by Crippen LogP contribution is -2.25. The molecule has 0 amide bonds. The largest absolute Gasteiger partial charge is 0.327 e. The summed E-state index contributed by atoms with van der Waals surface area (Å²) < 4.78 is 13.5. The molecular weight excluding hydrogens is 289 g/mol. The highest BCUT2D eigenvalue weighted by Gasteiger charge is 2.06. The van der Waals surface area contributed by atoms with Crippen LogP contribution >= 0.6 is 27.7 Å². The van der Waals surface area contributed by atoms with E-state index in [1.54, 1.807) is 12.1 Å². The van der Waals surface area contributed by atoms with Gasteiger partial charge in [-0.2, -0.15) is 11.8 Å². The zero-order valence-corrected chi connectivity index (χ0v) is 11.8. The normalized spacial score (nSPS) is 12.8. The molecule has 0 radical (unpaired) electrons. The molecule has 0 saturated carbocycles. The van der Waals surface area contributed by atoms with Crippen molar-refractivity contribution < 1.29 is 4.39 Å². The first-order valence-electron chi connectivity index (χ1n) is 5.40. The van der Waals surface area contributed by atoms with E-state index in [-0.39, 0.29) is 11.9 Å². The van der Waals surface area contributed by atoms with Crippen molar-refractivity contribution in [3.05, 3.63) is 34.1 Å². The van der Waals surface area contributed by atoms with Crippen LogP contribution in [0.25, 0.3) is 0 Å². The lowest BCUT2D eigenvalue weighted by atomic mass is 10.1. The predicted octanol–water partition coefficient (Wildman–Crippen LogP) is 3.60. The number of rotatable bonds is 6. The van der Waals surface area contributed by atoms with Gasteiger partial charge in [0.2, 0.25) is 0 Å². The van der Waals surface area contributed by atoms with Crippen molar-refractivity contribution in [1.29, 1.82) is 0 Å². The van der Waals surface area contributed by atoms with Crippen LogP contribution in [0.1, 0.15) is 18.9 Å². The summed E-state index contributed by atoms with van der Waals surface area (Å²) in [6, 6.07) is 5.23. The van der Waals surface area contributed by atoms with Gasteiger partial charge in [-0.1, -0.05) is 13.0 Å². The SMILES string of the molecule is CCCSCC(N)Cc1ccc(F)c(Br)c1. The monoisotopic (exact) mass is 305 g/mol. The zero-order valence-electron chi connectivity index (χ0n) is 9.38. The van der Waals surface area contributed by atoms with Crippen molar-refractivity contribution in [2.75, 3.05) is 11.5 Å². The number of nitrogens with two attached hydrogens (primary N) is 1. The summed E-state index contributed by atoms with van der Waals surface area (Å²) in [5.74, 6) is 1.89. The first kappa shape index (κ1) is 14.0. The van der Waals surface area contributed by atoms with E-state index in [0.29, 0.717) is 4.47 Å². The van der Waals surface area contributed by atoms with E-state index < -0.39 is 0 Å². The van der Waals surface area contributed by atoms with E-state index in [2.05, 4.69) is 22.9 Å². The number of benzene rings is 1. The second-order valence-electron chi connectivity index (χ2n) is 3.79. The highest BCUT2D eigenvalue weighted by Crippen LogP contribution is 2.18. The van der Waals surface area contributed by atoms with Crippen molar-refractivity contribution in [3.63, 3.8) is 0 Å². The van der Waals surface area contributed by atoms with Crippen LogP contribution in [-0.4, -0.2) is 17.5 Å². The molecule has 90 valence electrons. The minimum absolute atomic E-state index is 0.147. The standard InChI is InChI=1S/C12H17BrFNS/c1-2-5-16-8-10(15)6-9-3-4-12(14)11(13)7-9/h3-4,7,10H,2,5-6,8,15H2,1H3. The maximum atomic E-state index is 13.0. The lowest BCUT2D eigenvalue weighted by molar-refractivity contribution is 0.619. The molecule has 0 aromatic heterocycles. The van der Waals surface area contributed by atoms with Crippen molar-refractivity contribution in [2.45, 2.75) is 25.8 Å². The smallest absolute Gasteiger partial charge is 0.137 e. The molecule has 0 heterocycles. The molecule has 1 unspecified atom stereocenters. The fraction of sp³-hybridized carbons (Fsp3) is 0.500. The molecular formula is C12H17BrFNS. The Hall–Kier alpha value is -0.0600. The van der Waals surface area contributed by atoms with Crippen molar-refractivity contribution in [2.24, 2.45) is 5.73 Å². The van der Waals surface area contributed by atoms with Gasteiger partial charge in [0, 0.05) is 11.8 Å². The first-order valence-corrected chi connectivity index (χ1v) is 7.35. The average molecular weight is 306 g/mol. The first-order chi connectivity index (χ1) is 7.63. The Morgan fingerprint density at radius 2 is 2.25 bits per heavy atom. The van der Waals surface area contributed by atoms with Crippen molar-refractivity contribution in [1.82, 2.24) is 0 Å². The van der Waals surface area contributed by atoms with Crippen molar-refractivity contribution >= 4 is 27.7 Å². The molecule has 0 aliphatic rings. The van der Waals surface area contributed by atoms with Gasteiger partial charge < -0.3 is 5.73 Å². The van der Waals surface area contributed by atoms with Gasteiger partial charge in [-0.3, -0.25) is 0 Å². The molecule has 0 aliphatic carbocycles. The summed E-state index contributed by atoms with van der Waals surface area (Å²) in [4.78, 5) is 0. The molecule has 0 bridgehead atoms.